The second-order valence-corrected chi connectivity index (χ2v) is 8.31. The molecule has 4 heterocycles. The van der Waals surface area contributed by atoms with Gasteiger partial charge < -0.3 is 9.15 Å². The number of fused-ring (bicyclic) bond motifs is 1. The Bertz CT molecular complexity index is 1300. The molecular weight excluding hydrogens is 418 g/mol. The lowest BCUT2D eigenvalue weighted by Crippen LogP contribution is -2.13. The van der Waals surface area contributed by atoms with Crippen molar-refractivity contribution >= 4 is 39.4 Å². The molecule has 0 aliphatic heterocycles. The molecule has 0 saturated carbocycles. The number of hydrogen-bond acceptors (Lipinski definition) is 8. The molecule has 160 valence electrons. The van der Waals surface area contributed by atoms with Crippen molar-refractivity contribution in [3.8, 4) is 11.3 Å². The maximum absolute atomic E-state index is 13.2. The first kappa shape index (κ1) is 20.7. The maximum atomic E-state index is 13.2. The average Bonchev–Trinajstić information content (AvgIpc) is 3.44. The molecular formula is C21H21N5O4S. The van der Waals surface area contributed by atoms with E-state index in [1.807, 2.05) is 33.8 Å². The number of carbonyl (C=O) groups is 2. The smallest absolute Gasteiger partial charge is 0.349 e. The molecule has 1 N–H and O–H groups in total. The van der Waals surface area contributed by atoms with Gasteiger partial charge in [0.05, 0.1) is 36.1 Å². The third kappa shape index (κ3) is 3.81. The number of pyridine rings is 1. The number of amides is 1. The van der Waals surface area contributed by atoms with Crippen molar-refractivity contribution in [1.82, 2.24) is 19.7 Å². The van der Waals surface area contributed by atoms with Gasteiger partial charge in [-0.25, -0.2) is 19.4 Å². The molecule has 31 heavy (non-hydrogen) atoms. The standard InChI is InChI=1S/C21H21N5O4S/c1-10(2)26-18-15(8-23-26)14(7-16(24-18)13-6-11(3)30-12(13)4)19(27)25-21-22-9-17(31-21)20(28)29-5/h6-10H,1-5H3,(H,22,25,27). The Morgan fingerprint density at radius 1 is 1.23 bits per heavy atom. The quantitative estimate of drug-likeness (QED) is 0.459. The van der Waals surface area contributed by atoms with Crippen LogP contribution in [0.2, 0.25) is 0 Å². The summed E-state index contributed by atoms with van der Waals surface area (Å²) in [4.78, 5) is 34.0. The first-order valence-corrected chi connectivity index (χ1v) is 10.4. The van der Waals surface area contributed by atoms with Crippen molar-refractivity contribution < 1.29 is 18.7 Å². The van der Waals surface area contributed by atoms with Crippen LogP contribution >= 0.6 is 11.3 Å². The number of methoxy groups -OCH3 is 1. The van der Waals surface area contributed by atoms with Crippen molar-refractivity contribution in [2.75, 3.05) is 12.4 Å². The van der Waals surface area contributed by atoms with Gasteiger partial charge in [0.1, 0.15) is 16.4 Å². The minimum Gasteiger partial charge on any atom is -0.466 e. The number of thiazole rings is 1. The summed E-state index contributed by atoms with van der Waals surface area (Å²) in [6, 6.07) is 3.67. The van der Waals surface area contributed by atoms with Gasteiger partial charge in [-0.15, -0.1) is 0 Å². The number of ether oxygens (including phenoxy) is 1. The van der Waals surface area contributed by atoms with Crippen LogP contribution in [0.4, 0.5) is 5.13 Å². The zero-order chi connectivity index (χ0) is 22.3. The molecule has 0 spiro atoms. The highest BCUT2D eigenvalue weighted by atomic mass is 32.1. The highest BCUT2D eigenvalue weighted by Gasteiger charge is 2.21. The summed E-state index contributed by atoms with van der Waals surface area (Å²) in [5.41, 5.74) is 2.43. The van der Waals surface area contributed by atoms with Crippen LogP contribution in [-0.4, -0.2) is 38.7 Å². The molecule has 4 aromatic rings. The third-order valence-electron chi connectivity index (χ3n) is 4.73. The van der Waals surface area contributed by atoms with Gasteiger partial charge in [-0.3, -0.25) is 10.1 Å². The van der Waals surface area contributed by atoms with Crippen molar-refractivity contribution in [3.63, 3.8) is 0 Å². The number of carbonyl (C=O) groups excluding carboxylic acids is 2. The van der Waals surface area contributed by atoms with Crippen LogP contribution in [0.3, 0.4) is 0 Å². The van der Waals surface area contributed by atoms with Gasteiger partial charge in [0, 0.05) is 11.6 Å². The molecule has 0 unspecified atom stereocenters. The summed E-state index contributed by atoms with van der Waals surface area (Å²) in [7, 11) is 1.29. The van der Waals surface area contributed by atoms with Crippen molar-refractivity contribution in [3.05, 3.63) is 46.5 Å². The zero-order valence-corrected chi connectivity index (χ0v) is 18.5. The monoisotopic (exact) mass is 439 g/mol. The van der Waals surface area contributed by atoms with Gasteiger partial charge >= 0.3 is 5.97 Å². The normalized spacial score (nSPS) is 11.3. The van der Waals surface area contributed by atoms with Crippen LogP contribution in [0, 0.1) is 13.8 Å². The van der Waals surface area contributed by atoms with E-state index < -0.39 is 5.97 Å². The first-order chi connectivity index (χ1) is 14.8. The number of furan rings is 1. The Hall–Kier alpha value is -3.53. The third-order valence-corrected chi connectivity index (χ3v) is 5.62. The molecule has 0 bridgehead atoms. The van der Waals surface area contributed by atoms with Crippen molar-refractivity contribution in [1.29, 1.82) is 0 Å². The Morgan fingerprint density at radius 2 is 2.00 bits per heavy atom. The number of aryl methyl sites for hydroxylation is 2. The van der Waals surface area contributed by atoms with E-state index in [4.69, 9.17) is 14.1 Å². The van der Waals surface area contributed by atoms with Gasteiger partial charge in [-0.2, -0.15) is 5.10 Å². The van der Waals surface area contributed by atoms with Gasteiger partial charge in [-0.1, -0.05) is 11.3 Å². The van der Waals surface area contributed by atoms with Gasteiger partial charge in [0.2, 0.25) is 0 Å². The Kier molecular flexibility index (Phi) is 5.32. The SMILES string of the molecule is COC(=O)c1cnc(NC(=O)c2cc(-c3cc(C)oc3C)nc3c2cnn3C(C)C)s1. The van der Waals surface area contributed by atoms with Crippen LogP contribution in [0.15, 0.2) is 28.9 Å². The van der Waals surface area contributed by atoms with E-state index >= 15 is 0 Å². The fourth-order valence-corrected chi connectivity index (χ4v) is 4.03. The molecule has 0 radical (unpaired) electrons. The molecule has 4 rings (SSSR count). The Balaban J connectivity index is 1.80. The fraction of sp³-hybridized carbons (Fsp3) is 0.286. The van der Waals surface area contributed by atoms with Gasteiger partial charge in [0.15, 0.2) is 10.8 Å². The van der Waals surface area contributed by atoms with Crippen LogP contribution in [-0.2, 0) is 4.74 Å². The number of nitrogens with zero attached hydrogens (tertiary/aromatic N) is 4. The maximum Gasteiger partial charge on any atom is 0.349 e. The molecule has 0 aliphatic carbocycles. The largest absolute Gasteiger partial charge is 0.466 e. The average molecular weight is 439 g/mol. The van der Waals surface area contributed by atoms with E-state index in [0.717, 1.165) is 22.7 Å². The van der Waals surface area contributed by atoms with E-state index in [-0.39, 0.29) is 11.9 Å². The molecule has 1 amide bonds. The van der Waals surface area contributed by atoms with E-state index in [9.17, 15) is 9.59 Å². The molecule has 4 aromatic heterocycles. The summed E-state index contributed by atoms with van der Waals surface area (Å²) >= 11 is 1.04. The van der Waals surface area contributed by atoms with Crippen LogP contribution in [0.25, 0.3) is 22.3 Å². The van der Waals surface area contributed by atoms with Crippen LogP contribution < -0.4 is 5.32 Å². The fourth-order valence-electron chi connectivity index (χ4n) is 3.30. The van der Waals surface area contributed by atoms with E-state index in [2.05, 4.69) is 15.4 Å². The van der Waals surface area contributed by atoms with Crippen molar-refractivity contribution in [2.45, 2.75) is 33.7 Å². The molecule has 0 saturated heterocycles. The Labute approximate surface area is 182 Å². The molecule has 0 aliphatic rings. The summed E-state index contributed by atoms with van der Waals surface area (Å²) in [6.45, 7) is 7.72. The zero-order valence-electron chi connectivity index (χ0n) is 17.7. The number of anilines is 1. The molecule has 10 heteroatoms. The first-order valence-electron chi connectivity index (χ1n) is 9.59. The second kappa shape index (κ2) is 7.95. The predicted octanol–water partition coefficient (Wildman–Crippen LogP) is 4.38. The second-order valence-electron chi connectivity index (χ2n) is 7.28. The predicted molar refractivity (Wildman–Crippen MR) is 116 cm³/mol. The summed E-state index contributed by atoms with van der Waals surface area (Å²) in [5, 5.41) is 8.10. The van der Waals surface area contributed by atoms with Gasteiger partial charge in [0.25, 0.3) is 5.91 Å². The van der Waals surface area contributed by atoms with Crippen LogP contribution in [0.5, 0.6) is 0 Å². The lowest BCUT2D eigenvalue weighted by Gasteiger charge is -2.10. The van der Waals surface area contributed by atoms with Gasteiger partial charge in [-0.05, 0) is 39.8 Å². The minimum absolute atomic E-state index is 0.0601. The minimum atomic E-state index is -0.504. The van der Waals surface area contributed by atoms with E-state index in [1.165, 1.54) is 13.3 Å². The number of rotatable bonds is 5. The number of esters is 1. The summed E-state index contributed by atoms with van der Waals surface area (Å²) in [5.74, 6) is 0.598. The van der Waals surface area contributed by atoms with Crippen LogP contribution in [0.1, 0.15) is 51.4 Å². The topological polar surface area (TPSA) is 112 Å². The molecule has 0 atom stereocenters. The summed E-state index contributed by atoms with van der Waals surface area (Å²) < 4.78 is 12.1. The van der Waals surface area contributed by atoms with E-state index in [1.54, 1.807) is 16.9 Å². The lowest BCUT2D eigenvalue weighted by molar-refractivity contribution is 0.0606. The molecule has 9 nitrogen and oxygen atoms in total. The molecule has 0 aromatic carbocycles. The van der Waals surface area contributed by atoms with E-state index in [0.29, 0.717) is 38.1 Å². The summed E-state index contributed by atoms with van der Waals surface area (Å²) in [6.07, 6.45) is 3.00. The number of aromatic nitrogens is 4. The number of nitrogens with one attached hydrogen (secondary N) is 1. The highest BCUT2D eigenvalue weighted by Crippen LogP contribution is 2.30. The Morgan fingerprint density at radius 3 is 2.65 bits per heavy atom. The lowest BCUT2D eigenvalue weighted by atomic mass is 10.1. The number of hydrogen-bond donors (Lipinski definition) is 1. The highest BCUT2D eigenvalue weighted by molar-refractivity contribution is 7.17. The molecule has 0 fully saturated rings. The van der Waals surface area contributed by atoms with Crippen molar-refractivity contribution in [2.24, 2.45) is 0 Å².